The second kappa shape index (κ2) is 13.8. The fourth-order valence-corrected chi connectivity index (χ4v) is 6.74. The number of benzene rings is 3. The summed E-state index contributed by atoms with van der Waals surface area (Å²) in [7, 11) is 0. The van der Waals surface area contributed by atoms with Crippen molar-refractivity contribution < 1.29 is 33.4 Å². The molecule has 3 N–H and O–H groups in total. The van der Waals surface area contributed by atoms with Crippen molar-refractivity contribution in [2.75, 3.05) is 29.2 Å². The largest absolute Gasteiger partial charge is 0.462 e. The van der Waals surface area contributed by atoms with E-state index in [1.54, 1.807) is 30.5 Å². The van der Waals surface area contributed by atoms with E-state index in [4.69, 9.17) is 15.2 Å². The number of nitrogens with zero attached hydrogens (tertiary/aromatic N) is 1. The number of rotatable bonds is 10. The molecule has 12 heteroatoms. The van der Waals surface area contributed by atoms with Crippen LogP contribution in [-0.4, -0.2) is 48.1 Å². The Balaban J connectivity index is 1.20. The van der Waals surface area contributed by atoms with Crippen molar-refractivity contribution in [2.45, 2.75) is 30.4 Å². The van der Waals surface area contributed by atoms with Crippen LogP contribution in [0.2, 0.25) is 0 Å². The van der Waals surface area contributed by atoms with E-state index in [1.807, 2.05) is 37.3 Å². The predicted octanol–water partition coefficient (Wildman–Crippen LogP) is 5.70. The lowest BCUT2D eigenvalue weighted by molar-refractivity contribution is -0.121. The Bertz CT molecular complexity index is 1770. The molecule has 1 atom stereocenters. The summed E-state index contributed by atoms with van der Waals surface area (Å²) in [5.74, 6) is -2.70. The number of carbonyl (C=O) groups is 5. The van der Waals surface area contributed by atoms with Gasteiger partial charge in [-0.2, -0.15) is 0 Å². The number of aryl methyl sites for hydroxylation is 1. The lowest BCUT2D eigenvalue weighted by Gasteiger charge is -2.15. The van der Waals surface area contributed by atoms with Crippen molar-refractivity contribution in [2.24, 2.45) is 0 Å². The summed E-state index contributed by atoms with van der Waals surface area (Å²) in [6.45, 7) is 3.21. The van der Waals surface area contributed by atoms with Crippen molar-refractivity contribution in [1.82, 2.24) is 0 Å². The van der Waals surface area contributed by atoms with Crippen LogP contribution in [0.1, 0.15) is 39.6 Å². The predicted molar refractivity (Wildman–Crippen MR) is 173 cm³/mol. The maximum atomic E-state index is 13.0. The van der Waals surface area contributed by atoms with Crippen LogP contribution in [0.5, 0.6) is 0 Å². The summed E-state index contributed by atoms with van der Waals surface area (Å²) in [5.41, 5.74) is 9.54. The van der Waals surface area contributed by atoms with Gasteiger partial charge in [-0.25, -0.2) is 14.5 Å². The van der Waals surface area contributed by atoms with E-state index in [0.717, 1.165) is 32.3 Å². The first-order chi connectivity index (χ1) is 21.6. The Kier molecular flexibility index (Phi) is 9.65. The fourth-order valence-electron chi connectivity index (χ4n) is 4.64. The van der Waals surface area contributed by atoms with Crippen LogP contribution in [0, 0.1) is 6.92 Å². The molecule has 4 aromatic rings. The number of amides is 3. The van der Waals surface area contributed by atoms with Crippen molar-refractivity contribution in [1.29, 1.82) is 0 Å². The molecule has 45 heavy (non-hydrogen) atoms. The summed E-state index contributed by atoms with van der Waals surface area (Å²) in [4.78, 5) is 65.8. The van der Waals surface area contributed by atoms with Gasteiger partial charge in [-0.3, -0.25) is 14.4 Å². The fraction of sp³-hybridized carbons (Fsp3) is 0.182. The minimum Gasteiger partial charge on any atom is -0.462 e. The Morgan fingerprint density at radius 1 is 1.00 bits per heavy atom. The number of thiophene rings is 1. The molecule has 2 heterocycles. The maximum Gasteiger partial charge on any atom is 0.341 e. The van der Waals surface area contributed by atoms with Crippen LogP contribution < -0.4 is 16.0 Å². The van der Waals surface area contributed by atoms with Gasteiger partial charge in [-0.1, -0.05) is 35.9 Å². The third-order valence-electron chi connectivity index (χ3n) is 6.82. The van der Waals surface area contributed by atoms with Gasteiger partial charge >= 0.3 is 11.9 Å². The van der Waals surface area contributed by atoms with E-state index < -0.39 is 29.7 Å². The molecule has 0 radical (unpaired) electrons. The highest BCUT2D eigenvalue weighted by Gasteiger charge is 2.40. The number of carbonyl (C=O) groups excluding carboxylic acids is 5. The van der Waals surface area contributed by atoms with Crippen LogP contribution in [0.3, 0.4) is 0 Å². The minimum atomic E-state index is -0.775. The zero-order valence-corrected chi connectivity index (χ0v) is 26.0. The maximum absolute atomic E-state index is 13.0. The third-order valence-corrected chi connectivity index (χ3v) is 8.90. The van der Waals surface area contributed by atoms with Crippen LogP contribution in [0.4, 0.5) is 16.4 Å². The van der Waals surface area contributed by atoms with Crippen LogP contribution >= 0.6 is 23.1 Å². The minimum absolute atomic E-state index is 0.0336. The first-order valence-corrected chi connectivity index (χ1v) is 15.7. The number of imide groups is 1. The van der Waals surface area contributed by atoms with Gasteiger partial charge in [0.15, 0.2) is 6.61 Å². The molecular weight excluding hydrogens is 615 g/mol. The Morgan fingerprint density at radius 3 is 2.42 bits per heavy atom. The lowest BCUT2D eigenvalue weighted by atomic mass is 10.0. The Labute approximate surface area is 267 Å². The normalized spacial score (nSPS) is 14.4. The second-order valence-corrected chi connectivity index (χ2v) is 12.2. The highest BCUT2D eigenvalue weighted by Crippen LogP contribution is 2.37. The van der Waals surface area contributed by atoms with Crippen molar-refractivity contribution in [3.63, 3.8) is 0 Å². The number of ether oxygens (including phenoxy) is 2. The van der Waals surface area contributed by atoms with Gasteiger partial charge in [0.25, 0.3) is 5.91 Å². The first kappa shape index (κ1) is 31.5. The lowest BCUT2D eigenvalue weighted by Crippen LogP contribution is -2.31. The number of esters is 2. The quantitative estimate of drug-likeness (QED) is 0.126. The van der Waals surface area contributed by atoms with Gasteiger partial charge in [0, 0.05) is 27.9 Å². The second-order valence-electron chi connectivity index (χ2n) is 10.1. The SMILES string of the molecule is CCOC(=O)c1c(-c2ccc(C)cc2)csc1NC(=O)COC(=O)c1ccc(N2C(=O)CC(Sc3cccc(N)c3)C2=O)cc1. The smallest absolute Gasteiger partial charge is 0.341 e. The highest BCUT2D eigenvalue weighted by atomic mass is 32.2. The average molecular weight is 644 g/mol. The van der Waals surface area contributed by atoms with Gasteiger partial charge < -0.3 is 20.5 Å². The number of nitrogens with two attached hydrogens (primary N) is 1. The van der Waals surface area contributed by atoms with Crippen LogP contribution in [0.15, 0.2) is 83.1 Å². The summed E-state index contributed by atoms with van der Waals surface area (Å²) < 4.78 is 10.4. The van der Waals surface area contributed by atoms with Gasteiger partial charge in [-0.15, -0.1) is 23.1 Å². The number of thioether (sulfide) groups is 1. The third kappa shape index (κ3) is 7.24. The molecule has 0 bridgehead atoms. The van der Waals surface area contributed by atoms with E-state index >= 15 is 0 Å². The number of anilines is 3. The van der Waals surface area contributed by atoms with Crippen molar-refractivity contribution in [3.8, 4) is 11.1 Å². The van der Waals surface area contributed by atoms with Crippen molar-refractivity contribution in [3.05, 3.63) is 94.9 Å². The summed E-state index contributed by atoms with van der Waals surface area (Å²) >= 11 is 2.43. The monoisotopic (exact) mass is 643 g/mol. The molecule has 0 aliphatic carbocycles. The zero-order valence-electron chi connectivity index (χ0n) is 24.4. The van der Waals surface area contributed by atoms with E-state index in [1.165, 1.54) is 36.0 Å². The molecule has 1 aliphatic heterocycles. The van der Waals surface area contributed by atoms with Crippen LogP contribution in [-0.2, 0) is 23.9 Å². The molecule has 1 unspecified atom stereocenters. The molecule has 3 amide bonds. The molecule has 1 aliphatic rings. The first-order valence-electron chi connectivity index (χ1n) is 14.0. The molecule has 0 spiro atoms. The van der Waals surface area contributed by atoms with Crippen LogP contribution in [0.25, 0.3) is 11.1 Å². The Hall–Kier alpha value is -4.94. The molecule has 10 nitrogen and oxygen atoms in total. The van der Waals surface area contributed by atoms with Crippen molar-refractivity contribution >= 4 is 69.1 Å². The number of hydrogen-bond acceptors (Lipinski definition) is 10. The summed E-state index contributed by atoms with van der Waals surface area (Å²) in [6, 6.07) is 20.5. The molecule has 230 valence electrons. The summed E-state index contributed by atoms with van der Waals surface area (Å²) in [6.07, 6.45) is 0.0336. The van der Waals surface area contributed by atoms with E-state index in [-0.39, 0.29) is 41.0 Å². The van der Waals surface area contributed by atoms with Gasteiger partial charge in [0.2, 0.25) is 11.8 Å². The number of nitrogen functional groups attached to an aromatic ring is 1. The standard InChI is InChI=1S/C33H29N3O7S2/c1-3-42-33(41)29-25(20-9-7-19(2)8-10-20)18-44-30(29)35-27(37)17-43-32(40)21-11-13-23(14-12-21)36-28(38)16-26(31(36)39)45-24-6-4-5-22(34)15-24/h4-15,18,26H,3,16-17,34H2,1-2H3,(H,35,37). The van der Waals surface area contributed by atoms with Gasteiger partial charge in [-0.05, 0) is 61.9 Å². The van der Waals surface area contributed by atoms with Gasteiger partial charge in [0.1, 0.15) is 10.6 Å². The molecule has 0 saturated carbocycles. The van der Waals surface area contributed by atoms with E-state index in [0.29, 0.717) is 16.9 Å². The molecule has 1 fully saturated rings. The highest BCUT2D eigenvalue weighted by molar-refractivity contribution is 8.00. The zero-order chi connectivity index (χ0) is 32.1. The molecular formula is C33H29N3O7S2. The summed E-state index contributed by atoms with van der Waals surface area (Å²) in [5, 5.41) is 4.09. The molecule has 3 aromatic carbocycles. The Morgan fingerprint density at radius 2 is 1.73 bits per heavy atom. The molecule has 1 aromatic heterocycles. The molecule has 1 saturated heterocycles. The average Bonchev–Trinajstić information content (AvgIpc) is 3.55. The van der Waals surface area contributed by atoms with E-state index in [9.17, 15) is 24.0 Å². The number of hydrogen-bond donors (Lipinski definition) is 2. The molecule has 5 rings (SSSR count). The number of nitrogens with one attached hydrogen (secondary N) is 1. The van der Waals surface area contributed by atoms with Gasteiger partial charge in [0.05, 0.1) is 23.1 Å². The topological polar surface area (TPSA) is 145 Å². The van der Waals surface area contributed by atoms with E-state index in [2.05, 4.69) is 5.32 Å².